The Hall–Kier alpha value is -1.89. The molecule has 0 bridgehead atoms. The highest BCUT2D eigenvalue weighted by Crippen LogP contribution is 2.25. The minimum atomic E-state index is 0.0364. The summed E-state index contributed by atoms with van der Waals surface area (Å²) in [5, 5.41) is 0. The molecule has 98 valence electrons. The molecule has 1 nitrogen and oxygen atoms in total. The molecular weight excluding hydrogens is 232 g/mol. The SMILES string of the molecule is Cc1ccc(-c2cccc(C(=O)C(C)C)c2)c(C)c1. The molecule has 0 amide bonds. The Bertz CT molecular complexity index is 609. The molecule has 1 heteroatoms. The standard InChI is InChI=1S/C18H20O/c1-12(2)18(19)16-7-5-6-15(11-16)17-9-8-13(3)10-14(17)4/h5-12H,1-4H3. The predicted molar refractivity (Wildman–Crippen MR) is 80.5 cm³/mol. The van der Waals surface area contributed by atoms with E-state index < -0.39 is 0 Å². The molecule has 0 unspecified atom stereocenters. The van der Waals surface area contributed by atoms with Gasteiger partial charge in [0.2, 0.25) is 0 Å². The third-order valence-corrected chi connectivity index (χ3v) is 3.36. The van der Waals surface area contributed by atoms with E-state index in [0.29, 0.717) is 0 Å². The van der Waals surface area contributed by atoms with Crippen molar-refractivity contribution in [1.82, 2.24) is 0 Å². The average molecular weight is 252 g/mol. The van der Waals surface area contributed by atoms with E-state index in [-0.39, 0.29) is 11.7 Å². The van der Waals surface area contributed by atoms with E-state index >= 15 is 0 Å². The first-order chi connectivity index (χ1) is 8.99. The lowest BCUT2D eigenvalue weighted by molar-refractivity contribution is 0.0939. The van der Waals surface area contributed by atoms with Gasteiger partial charge in [-0.25, -0.2) is 0 Å². The van der Waals surface area contributed by atoms with Gasteiger partial charge in [0.1, 0.15) is 0 Å². The number of carbonyl (C=O) groups excluding carboxylic acids is 1. The maximum Gasteiger partial charge on any atom is 0.165 e. The zero-order chi connectivity index (χ0) is 14.0. The molecule has 0 spiro atoms. The third-order valence-electron chi connectivity index (χ3n) is 3.36. The number of benzene rings is 2. The Morgan fingerprint density at radius 1 is 1.00 bits per heavy atom. The number of hydrogen-bond donors (Lipinski definition) is 0. The van der Waals surface area contributed by atoms with E-state index in [1.54, 1.807) is 0 Å². The van der Waals surface area contributed by atoms with Crippen molar-refractivity contribution in [3.63, 3.8) is 0 Å². The average Bonchev–Trinajstić information content (AvgIpc) is 2.38. The molecule has 0 N–H and O–H groups in total. The lowest BCUT2D eigenvalue weighted by Crippen LogP contribution is -2.07. The summed E-state index contributed by atoms with van der Waals surface area (Å²) in [5.74, 6) is 0.237. The van der Waals surface area contributed by atoms with Crippen molar-refractivity contribution in [2.75, 3.05) is 0 Å². The zero-order valence-corrected chi connectivity index (χ0v) is 12.0. The van der Waals surface area contributed by atoms with Gasteiger partial charge < -0.3 is 0 Å². The predicted octanol–water partition coefficient (Wildman–Crippen LogP) is 4.81. The van der Waals surface area contributed by atoms with E-state index in [0.717, 1.165) is 11.1 Å². The Morgan fingerprint density at radius 2 is 1.74 bits per heavy atom. The van der Waals surface area contributed by atoms with Crippen LogP contribution in [0.4, 0.5) is 0 Å². The van der Waals surface area contributed by atoms with Gasteiger partial charge in [-0.15, -0.1) is 0 Å². The number of ketones is 1. The first-order valence-corrected chi connectivity index (χ1v) is 6.71. The number of hydrogen-bond acceptors (Lipinski definition) is 1. The quantitative estimate of drug-likeness (QED) is 0.716. The number of aryl methyl sites for hydroxylation is 2. The van der Waals surface area contributed by atoms with Crippen molar-refractivity contribution in [1.29, 1.82) is 0 Å². The molecule has 2 rings (SSSR count). The highest BCUT2D eigenvalue weighted by molar-refractivity contribution is 5.98. The van der Waals surface area contributed by atoms with Crippen molar-refractivity contribution < 1.29 is 4.79 Å². The molecule has 0 aliphatic carbocycles. The molecule has 0 fully saturated rings. The summed E-state index contributed by atoms with van der Waals surface area (Å²) in [6.07, 6.45) is 0. The van der Waals surface area contributed by atoms with Gasteiger partial charge in [-0.2, -0.15) is 0 Å². The van der Waals surface area contributed by atoms with E-state index in [1.165, 1.54) is 16.7 Å². The molecule has 19 heavy (non-hydrogen) atoms. The number of carbonyl (C=O) groups is 1. The maximum absolute atomic E-state index is 12.1. The van der Waals surface area contributed by atoms with Crippen LogP contribution in [0.5, 0.6) is 0 Å². The lowest BCUT2D eigenvalue weighted by atomic mass is 9.94. The fourth-order valence-corrected chi connectivity index (χ4v) is 2.31. The summed E-state index contributed by atoms with van der Waals surface area (Å²) in [4.78, 5) is 12.1. The largest absolute Gasteiger partial charge is 0.294 e. The first-order valence-electron chi connectivity index (χ1n) is 6.71. The number of Topliss-reactive ketones (excluding diaryl/α,β-unsaturated/α-hetero) is 1. The van der Waals surface area contributed by atoms with E-state index in [4.69, 9.17) is 0 Å². The summed E-state index contributed by atoms with van der Waals surface area (Å²) < 4.78 is 0. The van der Waals surface area contributed by atoms with E-state index in [9.17, 15) is 4.79 Å². The fraction of sp³-hybridized carbons (Fsp3) is 0.278. The molecular formula is C18H20O. The monoisotopic (exact) mass is 252 g/mol. The van der Waals surface area contributed by atoms with Crippen molar-refractivity contribution >= 4 is 5.78 Å². The van der Waals surface area contributed by atoms with E-state index in [2.05, 4.69) is 38.1 Å². The highest BCUT2D eigenvalue weighted by atomic mass is 16.1. The van der Waals surface area contributed by atoms with Crippen LogP contribution in [0.1, 0.15) is 35.3 Å². The van der Waals surface area contributed by atoms with Gasteiger partial charge in [-0.1, -0.05) is 55.8 Å². The van der Waals surface area contributed by atoms with Gasteiger partial charge in [0, 0.05) is 11.5 Å². The van der Waals surface area contributed by atoms with Gasteiger partial charge in [-0.05, 0) is 36.6 Å². The van der Waals surface area contributed by atoms with Gasteiger partial charge in [0.05, 0.1) is 0 Å². The molecule has 0 saturated carbocycles. The second-order valence-electron chi connectivity index (χ2n) is 5.42. The van der Waals surface area contributed by atoms with Gasteiger partial charge >= 0.3 is 0 Å². The first kappa shape index (κ1) is 13.5. The van der Waals surface area contributed by atoms with Crippen LogP contribution in [-0.2, 0) is 0 Å². The summed E-state index contributed by atoms with van der Waals surface area (Å²) >= 11 is 0. The molecule has 0 atom stereocenters. The summed E-state index contributed by atoms with van der Waals surface area (Å²) in [6.45, 7) is 8.08. The van der Waals surface area contributed by atoms with Crippen LogP contribution in [0.15, 0.2) is 42.5 Å². The summed E-state index contributed by atoms with van der Waals surface area (Å²) in [7, 11) is 0. The second-order valence-corrected chi connectivity index (χ2v) is 5.42. The molecule has 0 aliphatic heterocycles. The molecule has 0 radical (unpaired) electrons. The van der Waals surface area contributed by atoms with Crippen molar-refractivity contribution in [3.05, 3.63) is 59.2 Å². The van der Waals surface area contributed by atoms with Gasteiger partial charge in [-0.3, -0.25) is 4.79 Å². The molecule has 0 saturated heterocycles. The Kier molecular flexibility index (Phi) is 3.84. The Morgan fingerprint density at radius 3 is 2.37 bits per heavy atom. The molecule has 2 aromatic carbocycles. The van der Waals surface area contributed by atoms with Crippen LogP contribution in [0.3, 0.4) is 0 Å². The highest BCUT2D eigenvalue weighted by Gasteiger charge is 2.11. The van der Waals surface area contributed by atoms with Crippen LogP contribution in [0, 0.1) is 19.8 Å². The smallest absolute Gasteiger partial charge is 0.165 e. The Labute approximate surface area is 115 Å². The topological polar surface area (TPSA) is 17.1 Å². The van der Waals surface area contributed by atoms with Crippen LogP contribution in [-0.4, -0.2) is 5.78 Å². The maximum atomic E-state index is 12.1. The zero-order valence-electron chi connectivity index (χ0n) is 12.0. The van der Waals surface area contributed by atoms with Crippen LogP contribution < -0.4 is 0 Å². The van der Waals surface area contributed by atoms with Crippen molar-refractivity contribution in [2.24, 2.45) is 5.92 Å². The minimum absolute atomic E-state index is 0.0364. The normalized spacial score (nSPS) is 10.8. The minimum Gasteiger partial charge on any atom is -0.294 e. The van der Waals surface area contributed by atoms with Crippen LogP contribution >= 0.6 is 0 Å². The summed E-state index contributed by atoms with van der Waals surface area (Å²) in [6, 6.07) is 14.3. The van der Waals surface area contributed by atoms with Crippen molar-refractivity contribution in [2.45, 2.75) is 27.7 Å². The van der Waals surface area contributed by atoms with Gasteiger partial charge in [0.15, 0.2) is 5.78 Å². The Balaban J connectivity index is 2.46. The van der Waals surface area contributed by atoms with Crippen LogP contribution in [0.25, 0.3) is 11.1 Å². The van der Waals surface area contributed by atoms with Crippen molar-refractivity contribution in [3.8, 4) is 11.1 Å². The third kappa shape index (κ3) is 2.93. The lowest BCUT2D eigenvalue weighted by Gasteiger charge is -2.10. The van der Waals surface area contributed by atoms with E-state index in [1.807, 2.05) is 32.0 Å². The molecule has 0 aliphatic rings. The summed E-state index contributed by atoms with van der Waals surface area (Å²) in [5.41, 5.74) is 5.62. The fourth-order valence-electron chi connectivity index (χ4n) is 2.31. The molecule has 0 aromatic heterocycles. The number of rotatable bonds is 3. The molecule has 0 heterocycles. The van der Waals surface area contributed by atoms with Gasteiger partial charge in [0.25, 0.3) is 0 Å². The van der Waals surface area contributed by atoms with Crippen LogP contribution in [0.2, 0.25) is 0 Å². The second kappa shape index (κ2) is 5.40. The molecule has 2 aromatic rings.